The van der Waals surface area contributed by atoms with Crippen LogP contribution in [0.5, 0.6) is 11.6 Å². The number of aromatic nitrogens is 2. The molecule has 1 aliphatic carbocycles. The fourth-order valence-corrected chi connectivity index (χ4v) is 3.70. The summed E-state index contributed by atoms with van der Waals surface area (Å²) in [5.74, 6) is -0.380. The maximum absolute atomic E-state index is 12.7. The Hall–Kier alpha value is -2.83. The van der Waals surface area contributed by atoms with Gasteiger partial charge in [0.15, 0.2) is 18.3 Å². The third kappa shape index (κ3) is 10.6. The van der Waals surface area contributed by atoms with Crippen molar-refractivity contribution in [2.45, 2.75) is 50.4 Å². The van der Waals surface area contributed by atoms with Crippen LogP contribution in [0.25, 0.3) is 0 Å². The Morgan fingerprint density at radius 3 is 2.08 bits per heavy atom. The number of hydrogen-bond acceptors (Lipinski definition) is 8. The largest absolute Gasteiger partial charge is 0.486 e. The highest BCUT2D eigenvalue weighted by Crippen LogP contribution is 2.42. The van der Waals surface area contributed by atoms with Crippen LogP contribution in [0.2, 0.25) is 5.02 Å². The average molecular weight is 551 g/mol. The fourth-order valence-electron chi connectivity index (χ4n) is 3.59. The summed E-state index contributed by atoms with van der Waals surface area (Å²) in [5.41, 5.74) is -0.285. The van der Waals surface area contributed by atoms with E-state index in [1.54, 1.807) is 0 Å². The smallest absolute Gasteiger partial charge is 0.435 e. The molecule has 1 aliphatic rings. The molecule has 1 saturated carbocycles. The van der Waals surface area contributed by atoms with Gasteiger partial charge in [-0.25, -0.2) is 4.39 Å². The quantitative estimate of drug-likeness (QED) is 0.353. The van der Waals surface area contributed by atoms with Gasteiger partial charge in [0.25, 0.3) is 0 Å². The molecule has 13 heteroatoms. The molecule has 0 atom stereocenters. The molecular formula is C24H31ClF4N4O4. The van der Waals surface area contributed by atoms with Gasteiger partial charge in [0, 0.05) is 23.2 Å². The van der Waals surface area contributed by atoms with Gasteiger partial charge >= 0.3 is 6.18 Å². The van der Waals surface area contributed by atoms with Crippen LogP contribution in [0.1, 0.15) is 38.8 Å². The summed E-state index contributed by atoms with van der Waals surface area (Å²) in [7, 11) is 4.12. The van der Waals surface area contributed by atoms with Crippen molar-refractivity contribution in [2.75, 3.05) is 27.3 Å². The standard InChI is InChI=1S/C9H20N2.C8H6ClFO2.C7H5F3N2O2/c1-5-9(11-4)6-8(2,7-9)10-3;9-7-2-1-6(5-8(7)10)12-4-3-11;8-7(9,10)5-1-2-6(12-11-5)14-4-3-13/h10-11H,5-7H2,1-4H3;1-3,5H,4H2;1-3H,4H2. The van der Waals surface area contributed by atoms with E-state index in [0.29, 0.717) is 29.4 Å². The molecule has 0 amide bonds. The van der Waals surface area contributed by atoms with Crippen molar-refractivity contribution >= 4 is 24.2 Å². The van der Waals surface area contributed by atoms with Gasteiger partial charge < -0.3 is 20.1 Å². The lowest BCUT2D eigenvalue weighted by molar-refractivity contribution is -0.141. The normalized spacial score (nSPS) is 20.2. The van der Waals surface area contributed by atoms with Gasteiger partial charge in [0.1, 0.15) is 24.8 Å². The first-order valence-corrected chi connectivity index (χ1v) is 11.6. The molecule has 206 valence electrons. The van der Waals surface area contributed by atoms with Crippen molar-refractivity contribution in [1.82, 2.24) is 20.8 Å². The van der Waals surface area contributed by atoms with Crippen molar-refractivity contribution in [3.8, 4) is 11.6 Å². The molecule has 0 bridgehead atoms. The number of rotatable bonds is 9. The average Bonchev–Trinajstić information content (AvgIpc) is 2.86. The first kappa shape index (κ1) is 32.2. The zero-order chi connectivity index (χ0) is 28.1. The summed E-state index contributed by atoms with van der Waals surface area (Å²) in [4.78, 5) is 19.7. The maximum atomic E-state index is 12.7. The molecule has 3 rings (SSSR count). The maximum Gasteiger partial charge on any atom is 0.435 e. The molecule has 8 nitrogen and oxygen atoms in total. The van der Waals surface area contributed by atoms with Crippen LogP contribution in [0.3, 0.4) is 0 Å². The van der Waals surface area contributed by atoms with E-state index >= 15 is 0 Å². The molecule has 0 radical (unpaired) electrons. The van der Waals surface area contributed by atoms with Crippen molar-refractivity contribution in [1.29, 1.82) is 0 Å². The summed E-state index contributed by atoms with van der Waals surface area (Å²) < 4.78 is 58.1. The molecular weight excluding hydrogens is 520 g/mol. The molecule has 0 saturated heterocycles. The second-order valence-electron chi connectivity index (χ2n) is 8.33. The Labute approximate surface area is 218 Å². The highest BCUT2D eigenvalue weighted by atomic mass is 35.5. The summed E-state index contributed by atoms with van der Waals surface area (Å²) in [6.07, 6.45) is 0.274. The minimum Gasteiger partial charge on any atom is -0.486 e. The Balaban J connectivity index is 0.000000280. The number of benzene rings is 1. The van der Waals surface area contributed by atoms with E-state index in [9.17, 15) is 27.2 Å². The van der Waals surface area contributed by atoms with Gasteiger partial charge in [-0.2, -0.15) is 13.2 Å². The monoisotopic (exact) mass is 550 g/mol. The van der Waals surface area contributed by atoms with Crippen LogP contribution in [0.4, 0.5) is 17.6 Å². The lowest BCUT2D eigenvalue weighted by Gasteiger charge is -2.54. The van der Waals surface area contributed by atoms with Gasteiger partial charge in [0.05, 0.1) is 5.02 Å². The molecule has 2 aromatic rings. The van der Waals surface area contributed by atoms with Crippen LogP contribution >= 0.6 is 11.6 Å². The number of carbonyl (C=O) groups is 2. The topological polar surface area (TPSA) is 102 Å². The fraction of sp³-hybridized carbons (Fsp3) is 0.500. The summed E-state index contributed by atoms with van der Waals surface area (Å²) in [6, 6.07) is 5.73. The second kappa shape index (κ2) is 14.8. The molecule has 1 fully saturated rings. The van der Waals surface area contributed by atoms with Crippen LogP contribution in [0, 0.1) is 5.82 Å². The zero-order valence-electron chi connectivity index (χ0n) is 21.0. The Morgan fingerprint density at radius 2 is 1.65 bits per heavy atom. The van der Waals surface area contributed by atoms with E-state index in [4.69, 9.17) is 16.3 Å². The lowest BCUT2D eigenvalue weighted by atomic mass is 9.62. The van der Waals surface area contributed by atoms with Gasteiger partial charge in [0.2, 0.25) is 5.88 Å². The number of nitrogens with zero attached hydrogens (tertiary/aromatic N) is 2. The predicted molar refractivity (Wildman–Crippen MR) is 130 cm³/mol. The van der Waals surface area contributed by atoms with E-state index in [2.05, 4.69) is 53.5 Å². The van der Waals surface area contributed by atoms with E-state index in [1.807, 2.05) is 0 Å². The number of halogens is 5. The molecule has 2 N–H and O–H groups in total. The Morgan fingerprint density at radius 1 is 1.03 bits per heavy atom. The molecule has 1 aromatic heterocycles. The molecule has 0 aliphatic heterocycles. The molecule has 1 aromatic carbocycles. The van der Waals surface area contributed by atoms with E-state index in [-0.39, 0.29) is 24.1 Å². The third-order valence-electron chi connectivity index (χ3n) is 5.71. The van der Waals surface area contributed by atoms with Gasteiger partial charge in [-0.3, -0.25) is 9.59 Å². The number of aldehydes is 2. The number of nitrogens with one attached hydrogen (secondary N) is 2. The first-order chi connectivity index (χ1) is 17.4. The van der Waals surface area contributed by atoms with E-state index in [0.717, 1.165) is 18.2 Å². The number of hydrogen-bond donors (Lipinski definition) is 2. The number of alkyl halides is 3. The highest BCUT2D eigenvalue weighted by Gasteiger charge is 2.48. The van der Waals surface area contributed by atoms with Gasteiger partial charge in [-0.1, -0.05) is 18.5 Å². The van der Waals surface area contributed by atoms with Crippen LogP contribution in [0.15, 0.2) is 30.3 Å². The van der Waals surface area contributed by atoms with Crippen molar-refractivity contribution < 1.29 is 36.6 Å². The molecule has 37 heavy (non-hydrogen) atoms. The van der Waals surface area contributed by atoms with Gasteiger partial charge in [-0.15, -0.1) is 10.2 Å². The Bertz CT molecular complexity index is 982. The Kier molecular flexibility index (Phi) is 12.9. The summed E-state index contributed by atoms with van der Waals surface area (Å²) in [5, 5.41) is 12.8. The third-order valence-corrected chi connectivity index (χ3v) is 6.01. The van der Waals surface area contributed by atoms with E-state index in [1.165, 1.54) is 31.4 Å². The highest BCUT2D eigenvalue weighted by molar-refractivity contribution is 6.30. The first-order valence-electron chi connectivity index (χ1n) is 11.2. The second-order valence-corrected chi connectivity index (χ2v) is 8.74. The van der Waals surface area contributed by atoms with E-state index < -0.39 is 17.7 Å². The number of carbonyl (C=O) groups excluding carboxylic acids is 2. The van der Waals surface area contributed by atoms with Crippen molar-refractivity contribution in [2.24, 2.45) is 0 Å². The summed E-state index contributed by atoms with van der Waals surface area (Å²) >= 11 is 5.41. The van der Waals surface area contributed by atoms with Crippen molar-refractivity contribution in [3.05, 3.63) is 46.9 Å². The molecule has 1 heterocycles. The van der Waals surface area contributed by atoms with Crippen LogP contribution in [-0.4, -0.2) is 61.2 Å². The predicted octanol–water partition coefficient (Wildman–Crippen LogP) is 4.26. The summed E-state index contributed by atoms with van der Waals surface area (Å²) in [6.45, 7) is 4.20. The van der Waals surface area contributed by atoms with Crippen LogP contribution in [-0.2, 0) is 15.8 Å². The SMILES string of the molecule is CCC1(NC)CC(C)(NC)C1.O=CCOc1ccc(C(F)(F)F)nn1.O=CCOc1ccc(Cl)c(F)c1. The minimum absolute atomic E-state index is 0.0356. The van der Waals surface area contributed by atoms with Gasteiger partial charge in [-0.05, 0) is 58.5 Å². The molecule has 0 unspecified atom stereocenters. The lowest BCUT2D eigenvalue weighted by Crippen LogP contribution is -2.66. The molecule has 0 spiro atoms. The van der Waals surface area contributed by atoms with Crippen LogP contribution < -0.4 is 20.1 Å². The zero-order valence-corrected chi connectivity index (χ0v) is 21.8. The minimum atomic E-state index is -4.52. The number of ether oxygens (including phenoxy) is 2. The van der Waals surface area contributed by atoms with Crippen molar-refractivity contribution in [3.63, 3.8) is 0 Å².